The Hall–Kier alpha value is -0.500. The van der Waals surface area contributed by atoms with Crippen LogP contribution in [0.4, 0.5) is 0 Å². The van der Waals surface area contributed by atoms with Gasteiger partial charge in [0.25, 0.3) is 7.82 Å². The van der Waals surface area contributed by atoms with Crippen molar-refractivity contribution in [2.75, 3.05) is 54.1 Å². The Labute approximate surface area is 196 Å². The van der Waals surface area contributed by atoms with E-state index in [0.29, 0.717) is 24.1 Å². The molecule has 0 aromatic heterocycles. The number of unbranched alkanes of at least 4 members (excludes halogenated alkanes) is 8. The summed E-state index contributed by atoms with van der Waals surface area (Å²) in [5.74, 6) is -0.293. The molecule has 0 spiro atoms. The van der Waals surface area contributed by atoms with Crippen molar-refractivity contribution in [2.24, 2.45) is 0 Å². The van der Waals surface area contributed by atoms with E-state index in [1.807, 2.05) is 21.1 Å². The van der Waals surface area contributed by atoms with Gasteiger partial charge in [-0.2, -0.15) is 0 Å². The van der Waals surface area contributed by atoms with Crippen LogP contribution in [0.2, 0.25) is 0 Å². The molecule has 1 unspecified atom stereocenters. The first-order valence-electron chi connectivity index (χ1n) is 12.3. The van der Waals surface area contributed by atoms with E-state index < -0.39 is 13.9 Å². The van der Waals surface area contributed by atoms with Gasteiger partial charge < -0.3 is 27.9 Å². The largest absolute Gasteiger partial charge is 0.756 e. The first-order chi connectivity index (χ1) is 15.1. The van der Waals surface area contributed by atoms with Crippen LogP contribution in [0.25, 0.3) is 0 Å². The molecule has 0 aliphatic heterocycles. The third kappa shape index (κ3) is 21.4. The van der Waals surface area contributed by atoms with Gasteiger partial charge in [0.05, 0.1) is 27.7 Å². The number of ether oxygens (including phenoxy) is 2. The highest BCUT2D eigenvalue weighted by atomic mass is 31.2. The lowest BCUT2D eigenvalue weighted by molar-refractivity contribution is -0.870. The predicted molar refractivity (Wildman–Crippen MR) is 125 cm³/mol. The fourth-order valence-electron chi connectivity index (χ4n) is 2.87. The van der Waals surface area contributed by atoms with E-state index in [1.54, 1.807) is 0 Å². The highest BCUT2D eigenvalue weighted by Gasteiger charge is 2.19. The van der Waals surface area contributed by atoms with Crippen LogP contribution in [0, 0.1) is 0 Å². The van der Waals surface area contributed by atoms with Crippen LogP contribution < -0.4 is 4.89 Å². The Morgan fingerprint density at radius 2 is 1.44 bits per heavy atom. The fraction of sp³-hybridized carbons (Fsp3) is 0.957. The van der Waals surface area contributed by atoms with Crippen LogP contribution in [-0.2, 0) is 27.9 Å². The van der Waals surface area contributed by atoms with Crippen LogP contribution in [0.3, 0.4) is 0 Å². The second-order valence-electron chi connectivity index (χ2n) is 9.34. The van der Waals surface area contributed by atoms with Crippen molar-refractivity contribution in [3.63, 3.8) is 0 Å². The van der Waals surface area contributed by atoms with Gasteiger partial charge in [-0.15, -0.1) is 0 Å². The predicted octanol–water partition coefficient (Wildman–Crippen LogP) is 4.45. The second kappa shape index (κ2) is 18.9. The van der Waals surface area contributed by atoms with Gasteiger partial charge in [0.2, 0.25) is 0 Å². The van der Waals surface area contributed by atoms with E-state index in [4.69, 9.17) is 18.5 Å². The number of likely N-dealkylation sites (N-methyl/N-ethyl adjacent to an activating group) is 1. The molecule has 0 rings (SSSR count). The molecule has 0 saturated heterocycles. The zero-order valence-electron chi connectivity index (χ0n) is 21.1. The fourth-order valence-corrected chi connectivity index (χ4v) is 3.60. The number of hydrogen-bond acceptors (Lipinski definition) is 7. The Kier molecular flexibility index (Phi) is 18.6. The number of phosphoric acid groups is 1. The zero-order chi connectivity index (χ0) is 24.3. The minimum absolute atomic E-state index is 0.0265. The number of carbonyl (C=O) groups excluding carboxylic acids is 1. The van der Waals surface area contributed by atoms with E-state index in [-0.39, 0.29) is 25.8 Å². The van der Waals surface area contributed by atoms with Crippen LogP contribution in [0.1, 0.15) is 84.5 Å². The zero-order valence-corrected chi connectivity index (χ0v) is 22.0. The Bertz CT molecular complexity index is 511. The number of carbonyl (C=O) groups is 1. The van der Waals surface area contributed by atoms with Gasteiger partial charge in [0.1, 0.15) is 25.9 Å². The lowest BCUT2D eigenvalue weighted by Gasteiger charge is -2.28. The van der Waals surface area contributed by atoms with Crippen LogP contribution >= 0.6 is 7.82 Å². The molecule has 2 atom stereocenters. The maximum Gasteiger partial charge on any atom is 0.305 e. The number of rotatable bonds is 22. The lowest BCUT2D eigenvalue weighted by atomic mass is 10.1. The van der Waals surface area contributed by atoms with E-state index in [2.05, 4.69) is 13.8 Å². The number of esters is 1. The van der Waals surface area contributed by atoms with Gasteiger partial charge in [-0.05, 0) is 12.8 Å². The molecule has 0 aromatic carbocycles. The molecule has 8 nitrogen and oxygen atoms in total. The summed E-state index contributed by atoms with van der Waals surface area (Å²) in [5, 5.41) is 0. The number of hydrogen-bond donors (Lipinski definition) is 0. The topological polar surface area (TPSA) is 94.1 Å². The van der Waals surface area contributed by atoms with Crippen molar-refractivity contribution in [2.45, 2.75) is 90.6 Å². The minimum Gasteiger partial charge on any atom is -0.756 e. The third-order valence-electron chi connectivity index (χ3n) is 4.95. The van der Waals surface area contributed by atoms with Gasteiger partial charge in [-0.25, -0.2) is 0 Å². The number of nitrogens with zero attached hydrogens (tertiary/aromatic N) is 1. The maximum atomic E-state index is 12.1. The maximum absolute atomic E-state index is 12.1. The van der Waals surface area contributed by atoms with E-state index in [0.717, 1.165) is 44.9 Å². The molecule has 0 aliphatic carbocycles. The Balaban J connectivity index is 4.43. The Morgan fingerprint density at radius 3 is 2.06 bits per heavy atom. The van der Waals surface area contributed by atoms with Crippen molar-refractivity contribution >= 4 is 13.8 Å². The molecular weight excluding hydrogens is 433 g/mol. The van der Waals surface area contributed by atoms with Crippen molar-refractivity contribution in [3.05, 3.63) is 0 Å². The monoisotopic (exact) mass is 481 g/mol. The molecular formula is C23H48NO7P. The molecule has 32 heavy (non-hydrogen) atoms. The molecule has 0 bridgehead atoms. The molecule has 9 heteroatoms. The molecule has 0 N–H and O–H groups in total. The second-order valence-corrected chi connectivity index (χ2v) is 10.8. The van der Waals surface area contributed by atoms with Crippen molar-refractivity contribution in [3.8, 4) is 0 Å². The summed E-state index contributed by atoms with van der Waals surface area (Å²) >= 11 is 0. The molecule has 0 amide bonds. The van der Waals surface area contributed by atoms with Gasteiger partial charge in [-0.1, -0.05) is 65.2 Å². The molecule has 0 aromatic rings. The summed E-state index contributed by atoms with van der Waals surface area (Å²) in [7, 11) is 1.40. The molecule has 192 valence electrons. The SMILES string of the molecule is CCCCCCCCO[C@H](COC(=O)CCCCCC)COP(=O)([O-])OCC[N+](C)(C)C. The number of phosphoric ester groups is 1. The first-order valence-corrected chi connectivity index (χ1v) is 13.7. The summed E-state index contributed by atoms with van der Waals surface area (Å²) in [6, 6.07) is 0. The standard InChI is InChI=1S/C23H48NO7P/c1-6-8-10-12-13-15-18-28-22(20-29-23(25)16-14-11-9-7-2)21-31-32(26,27)30-19-17-24(3,4)5/h22H,6-21H2,1-5H3/t22-/m1/s1. The van der Waals surface area contributed by atoms with Crippen molar-refractivity contribution in [1.29, 1.82) is 0 Å². The van der Waals surface area contributed by atoms with Gasteiger partial charge in [0.15, 0.2) is 0 Å². The molecule has 0 fully saturated rings. The highest BCUT2D eigenvalue weighted by Crippen LogP contribution is 2.38. The summed E-state index contributed by atoms with van der Waals surface area (Å²) < 4.78 is 33.7. The lowest BCUT2D eigenvalue weighted by Crippen LogP contribution is -2.37. The Morgan fingerprint density at radius 1 is 0.844 bits per heavy atom. The van der Waals surface area contributed by atoms with E-state index in [1.165, 1.54) is 19.3 Å². The third-order valence-corrected chi connectivity index (χ3v) is 5.91. The summed E-state index contributed by atoms with van der Waals surface area (Å²) in [6.07, 6.45) is 10.4. The highest BCUT2D eigenvalue weighted by molar-refractivity contribution is 7.45. The summed E-state index contributed by atoms with van der Waals surface area (Å²) in [6.45, 7) is 5.08. The molecule has 0 aliphatic rings. The average Bonchev–Trinajstić information content (AvgIpc) is 2.70. The van der Waals surface area contributed by atoms with Crippen molar-refractivity contribution < 1.29 is 37.3 Å². The van der Waals surface area contributed by atoms with E-state index >= 15 is 0 Å². The smallest absolute Gasteiger partial charge is 0.305 e. The van der Waals surface area contributed by atoms with Gasteiger partial charge in [-0.3, -0.25) is 9.36 Å². The van der Waals surface area contributed by atoms with Gasteiger partial charge in [0, 0.05) is 13.0 Å². The quantitative estimate of drug-likeness (QED) is 0.0975. The minimum atomic E-state index is -4.44. The number of quaternary nitrogens is 1. The van der Waals surface area contributed by atoms with Gasteiger partial charge >= 0.3 is 5.97 Å². The molecule has 0 saturated carbocycles. The van der Waals surface area contributed by atoms with E-state index in [9.17, 15) is 14.3 Å². The normalized spacial score (nSPS) is 14.8. The van der Waals surface area contributed by atoms with Crippen LogP contribution in [0.15, 0.2) is 0 Å². The summed E-state index contributed by atoms with van der Waals surface area (Å²) in [5.41, 5.74) is 0. The van der Waals surface area contributed by atoms with Crippen LogP contribution in [-0.4, -0.2) is 70.7 Å². The first kappa shape index (κ1) is 31.5. The molecule has 0 heterocycles. The van der Waals surface area contributed by atoms with Crippen LogP contribution in [0.5, 0.6) is 0 Å². The average molecular weight is 482 g/mol. The molecule has 0 radical (unpaired) electrons. The van der Waals surface area contributed by atoms with Crippen molar-refractivity contribution in [1.82, 2.24) is 0 Å². The summed E-state index contributed by atoms with van der Waals surface area (Å²) in [4.78, 5) is 24.0.